The van der Waals surface area contributed by atoms with Crippen LogP contribution in [-0.2, 0) is 0 Å². The molecule has 0 saturated carbocycles. The molecular weight excluding hydrogens is 277 g/mol. The van der Waals surface area contributed by atoms with Gasteiger partial charge in [-0.15, -0.1) is 0 Å². The van der Waals surface area contributed by atoms with Crippen LogP contribution in [0, 0.1) is 5.82 Å². The molecule has 1 amide bonds. The maximum Gasteiger partial charge on any atom is 0.251 e. The highest BCUT2D eigenvalue weighted by Gasteiger charge is 2.12. The van der Waals surface area contributed by atoms with Crippen molar-refractivity contribution in [2.45, 2.75) is 13.0 Å². The lowest BCUT2D eigenvalue weighted by molar-refractivity contribution is 0.0939. The number of carbonyl (C=O) groups is 1. The fraction of sp³-hybridized carbons (Fsp3) is 0.105. The summed E-state index contributed by atoms with van der Waals surface area (Å²) in [6.45, 7) is 1.92. The Morgan fingerprint density at radius 2 is 1.73 bits per heavy atom. The lowest BCUT2D eigenvalue weighted by atomic mass is 10.0. The van der Waals surface area contributed by atoms with Crippen molar-refractivity contribution in [3.63, 3.8) is 0 Å². The number of amides is 1. The Kier molecular flexibility index (Phi) is 3.88. The Labute approximate surface area is 128 Å². The molecule has 0 radical (unpaired) electrons. The molecule has 1 atom stereocenters. The van der Waals surface area contributed by atoms with Gasteiger partial charge >= 0.3 is 0 Å². The summed E-state index contributed by atoms with van der Waals surface area (Å²) in [6.07, 6.45) is 0. The fourth-order valence-corrected chi connectivity index (χ4v) is 2.47. The average Bonchev–Trinajstić information content (AvgIpc) is 2.54. The first-order chi connectivity index (χ1) is 10.6. The minimum atomic E-state index is -0.411. The molecule has 0 aromatic heterocycles. The zero-order valence-corrected chi connectivity index (χ0v) is 12.2. The average molecular weight is 293 g/mol. The maximum absolute atomic E-state index is 13.2. The molecule has 0 spiro atoms. The third kappa shape index (κ3) is 2.98. The van der Waals surface area contributed by atoms with Crippen LogP contribution < -0.4 is 5.32 Å². The van der Waals surface area contributed by atoms with Gasteiger partial charge < -0.3 is 5.32 Å². The van der Waals surface area contributed by atoms with Crippen LogP contribution in [0.1, 0.15) is 28.9 Å². The van der Waals surface area contributed by atoms with Crippen LogP contribution in [-0.4, -0.2) is 5.91 Å². The van der Waals surface area contributed by atoms with Crippen molar-refractivity contribution in [1.29, 1.82) is 0 Å². The van der Waals surface area contributed by atoms with E-state index in [4.69, 9.17) is 0 Å². The van der Waals surface area contributed by atoms with E-state index in [9.17, 15) is 9.18 Å². The summed E-state index contributed by atoms with van der Waals surface area (Å²) in [5, 5.41) is 5.19. The van der Waals surface area contributed by atoms with Gasteiger partial charge in [0.1, 0.15) is 5.82 Å². The van der Waals surface area contributed by atoms with E-state index < -0.39 is 5.82 Å². The van der Waals surface area contributed by atoms with Crippen LogP contribution in [0.25, 0.3) is 10.8 Å². The van der Waals surface area contributed by atoms with Crippen molar-refractivity contribution in [2.24, 2.45) is 0 Å². The van der Waals surface area contributed by atoms with Gasteiger partial charge in [0.2, 0.25) is 0 Å². The van der Waals surface area contributed by atoms with E-state index in [1.165, 1.54) is 18.2 Å². The van der Waals surface area contributed by atoms with Gasteiger partial charge in [-0.2, -0.15) is 0 Å². The molecule has 0 saturated heterocycles. The predicted octanol–water partition coefficient (Wildman–Crippen LogP) is 4.47. The van der Waals surface area contributed by atoms with Gasteiger partial charge in [0.25, 0.3) is 5.91 Å². The first-order valence-corrected chi connectivity index (χ1v) is 7.18. The third-order valence-electron chi connectivity index (χ3n) is 3.71. The normalized spacial score (nSPS) is 12.1. The number of nitrogens with one attached hydrogen (secondary N) is 1. The molecule has 2 nitrogen and oxygen atoms in total. The molecule has 0 fully saturated rings. The van der Waals surface area contributed by atoms with Gasteiger partial charge in [0, 0.05) is 5.56 Å². The Bertz CT molecular complexity index is 828. The number of carbonyl (C=O) groups excluding carboxylic acids is 1. The third-order valence-corrected chi connectivity index (χ3v) is 3.71. The van der Waals surface area contributed by atoms with Gasteiger partial charge in [-0.05, 0) is 47.5 Å². The first kappa shape index (κ1) is 14.3. The summed E-state index contributed by atoms with van der Waals surface area (Å²) in [5.74, 6) is -0.689. The SMILES string of the molecule is CC(NC(=O)c1cccc(F)c1)c1ccc2ccccc2c1. The van der Waals surface area contributed by atoms with Gasteiger partial charge in [0.15, 0.2) is 0 Å². The minimum Gasteiger partial charge on any atom is -0.346 e. The molecule has 3 heteroatoms. The number of benzene rings is 3. The highest BCUT2D eigenvalue weighted by molar-refractivity contribution is 5.94. The number of halogens is 1. The molecule has 1 N–H and O–H groups in total. The molecule has 0 aliphatic rings. The molecule has 3 aromatic rings. The van der Waals surface area contributed by atoms with E-state index in [0.717, 1.165) is 16.3 Å². The van der Waals surface area contributed by atoms with Crippen molar-refractivity contribution in [3.05, 3.63) is 83.7 Å². The first-order valence-electron chi connectivity index (χ1n) is 7.18. The molecule has 0 heterocycles. The van der Waals surface area contributed by atoms with Crippen LogP contribution in [0.2, 0.25) is 0 Å². The van der Waals surface area contributed by atoms with Crippen molar-refractivity contribution in [1.82, 2.24) is 5.32 Å². The molecule has 3 rings (SSSR count). The second-order valence-electron chi connectivity index (χ2n) is 5.31. The van der Waals surface area contributed by atoms with E-state index in [1.807, 2.05) is 37.3 Å². The van der Waals surface area contributed by atoms with Crippen molar-refractivity contribution < 1.29 is 9.18 Å². The number of rotatable bonds is 3. The van der Waals surface area contributed by atoms with E-state index in [0.29, 0.717) is 5.56 Å². The lowest BCUT2D eigenvalue weighted by Crippen LogP contribution is -2.26. The standard InChI is InChI=1S/C19H16FNO/c1-13(21-19(22)17-7-4-8-18(20)12-17)15-10-9-14-5-2-3-6-16(14)11-15/h2-13H,1H3,(H,21,22). The summed E-state index contributed by atoms with van der Waals surface area (Å²) >= 11 is 0. The molecular formula is C19H16FNO. The zero-order valence-electron chi connectivity index (χ0n) is 12.2. The summed E-state index contributed by atoms with van der Waals surface area (Å²) in [6, 6.07) is 19.7. The molecule has 110 valence electrons. The molecule has 0 bridgehead atoms. The Morgan fingerprint density at radius 3 is 2.50 bits per heavy atom. The highest BCUT2D eigenvalue weighted by Crippen LogP contribution is 2.20. The minimum absolute atomic E-state index is 0.152. The summed E-state index contributed by atoms with van der Waals surface area (Å²) < 4.78 is 13.2. The maximum atomic E-state index is 13.2. The smallest absolute Gasteiger partial charge is 0.251 e. The van der Waals surface area contributed by atoms with Crippen LogP contribution >= 0.6 is 0 Å². The van der Waals surface area contributed by atoms with Gasteiger partial charge in [-0.1, -0.05) is 42.5 Å². The van der Waals surface area contributed by atoms with E-state index in [1.54, 1.807) is 6.07 Å². The molecule has 0 aliphatic carbocycles. The Hall–Kier alpha value is -2.68. The van der Waals surface area contributed by atoms with Crippen LogP contribution in [0.5, 0.6) is 0 Å². The number of hydrogen-bond donors (Lipinski definition) is 1. The molecule has 0 aliphatic heterocycles. The predicted molar refractivity (Wildman–Crippen MR) is 86.2 cm³/mol. The van der Waals surface area contributed by atoms with E-state index in [-0.39, 0.29) is 11.9 Å². The lowest BCUT2D eigenvalue weighted by Gasteiger charge is -2.15. The molecule has 1 unspecified atom stereocenters. The van der Waals surface area contributed by atoms with E-state index >= 15 is 0 Å². The monoisotopic (exact) mass is 293 g/mol. The number of hydrogen-bond acceptors (Lipinski definition) is 1. The Balaban J connectivity index is 1.80. The van der Waals surface area contributed by atoms with Gasteiger partial charge in [-0.3, -0.25) is 4.79 Å². The van der Waals surface area contributed by atoms with Crippen LogP contribution in [0.15, 0.2) is 66.7 Å². The fourth-order valence-electron chi connectivity index (χ4n) is 2.47. The highest BCUT2D eigenvalue weighted by atomic mass is 19.1. The zero-order chi connectivity index (χ0) is 15.5. The quantitative estimate of drug-likeness (QED) is 0.758. The summed E-state index contributed by atoms with van der Waals surface area (Å²) in [4.78, 5) is 12.2. The largest absolute Gasteiger partial charge is 0.346 e. The second-order valence-corrected chi connectivity index (χ2v) is 5.31. The van der Waals surface area contributed by atoms with Crippen molar-refractivity contribution in [3.8, 4) is 0 Å². The summed E-state index contributed by atoms with van der Waals surface area (Å²) in [7, 11) is 0. The Morgan fingerprint density at radius 1 is 0.955 bits per heavy atom. The van der Waals surface area contributed by atoms with E-state index in [2.05, 4.69) is 17.4 Å². The van der Waals surface area contributed by atoms with Crippen molar-refractivity contribution in [2.75, 3.05) is 0 Å². The summed E-state index contributed by atoms with van der Waals surface area (Å²) in [5.41, 5.74) is 1.34. The van der Waals surface area contributed by atoms with Gasteiger partial charge in [-0.25, -0.2) is 4.39 Å². The number of fused-ring (bicyclic) bond motifs is 1. The second kappa shape index (κ2) is 5.98. The van der Waals surface area contributed by atoms with Crippen LogP contribution in [0.3, 0.4) is 0 Å². The van der Waals surface area contributed by atoms with Crippen LogP contribution in [0.4, 0.5) is 4.39 Å². The molecule has 22 heavy (non-hydrogen) atoms. The van der Waals surface area contributed by atoms with Gasteiger partial charge in [0.05, 0.1) is 6.04 Å². The van der Waals surface area contributed by atoms with Crippen molar-refractivity contribution >= 4 is 16.7 Å². The molecule has 3 aromatic carbocycles. The topological polar surface area (TPSA) is 29.1 Å².